The number of aromatic nitrogens is 4. The molecule has 5 rings (SSSR count). The van der Waals surface area contributed by atoms with Crippen molar-refractivity contribution in [2.45, 2.75) is 6.54 Å². The summed E-state index contributed by atoms with van der Waals surface area (Å²) in [5.41, 5.74) is 3.94. The van der Waals surface area contributed by atoms with Crippen molar-refractivity contribution in [2.24, 2.45) is 0 Å². The lowest BCUT2D eigenvalue weighted by atomic mass is 10.1. The van der Waals surface area contributed by atoms with Crippen LogP contribution < -0.4 is 5.32 Å². The molecule has 2 heterocycles. The quantitative estimate of drug-likeness (QED) is 0.339. The second-order valence-corrected chi connectivity index (χ2v) is 8.06. The number of hydrogen-bond acceptors (Lipinski definition) is 3. The summed E-state index contributed by atoms with van der Waals surface area (Å²) in [7, 11) is 0. The van der Waals surface area contributed by atoms with Gasteiger partial charge in [0.1, 0.15) is 11.5 Å². The number of nitrogens with one attached hydrogen (secondary N) is 1. The molecule has 34 heavy (non-hydrogen) atoms. The molecule has 2 aromatic heterocycles. The Morgan fingerprint density at radius 1 is 0.971 bits per heavy atom. The van der Waals surface area contributed by atoms with E-state index >= 15 is 0 Å². The first-order valence-electron chi connectivity index (χ1n) is 10.5. The molecular weight excluding hydrogens is 453 g/mol. The molecule has 0 atom stereocenters. The van der Waals surface area contributed by atoms with Crippen molar-refractivity contribution in [3.05, 3.63) is 119 Å². The van der Waals surface area contributed by atoms with Gasteiger partial charge in [-0.05, 0) is 29.8 Å². The van der Waals surface area contributed by atoms with Crippen molar-refractivity contribution in [2.75, 3.05) is 5.32 Å². The average Bonchev–Trinajstić information content (AvgIpc) is 3.49. The van der Waals surface area contributed by atoms with Crippen molar-refractivity contribution >= 4 is 23.2 Å². The van der Waals surface area contributed by atoms with Crippen LogP contribution in [0.5, 0.6) is 0 Å². The van der Waals surface area contributed by atoms with Gasteiger partial charge in [-0.2, -0.15) is 10.2 Å². The molecule has 6 nitrogen and oxygen atoms in total. The van der Waals surface area contributed by atoms with Gasteiger partial charge < -0.3 is 5.32 Å². The fourth-order valence-corrected chi connectivity index (χ4v) is 3.83. The number of rotatable bonds is 6. The third kappa shape index (κ3) is 4.60. The first-order valence-corrected chi connectivity index (χ1v) is 10.9. The lowest BCUT2D eigenvalue weighted by Crippen LogP contribution is -2.12. The molecule has 0 aliphatic rings. The Bertz CT molecular complexity index is 1450. The second kappa shape index (κ2) is 9.33. The molecule has 5 aromatic rings. The minimum Gasteiger partial charge on any atom is -0.319 e. The van der Waals surface area contributed by atoms with E-state index in [0.717, 1.165) is 16.8 Å². The topological polar surface area (TPSA) is 64.7 Å². The number of amides is 1. The lowest BCUT2D eigenvalue weighted by molar-refractivity contribution is 0.102. The van der Waals surface area contributed by atoms with Gasteiger partial charge in [0.15, 0.2) is 0 Å². The number of halogens is 2. The fourth-order valence-electron chi connectivity index (χ4n) is 3.60. The van der Waals surface area contributed by atoms with E-state index in [4.69, 9.17) is 11.6 Å². The molecule has 1 N–H and O–H groups in total. The number of carbonyl (C=O) groups excluding carboxylic acids is 1. The van der Waals surface area contributed by atoms with Gasteiger partial charge in [-0.3, -0.25) is 9.48 Å². The van der Waals surface area contributed by atoms with Gasteiger partial charge in [0, 0.05) is 23.0 Å². The molecule has 0 radical (unpaired) electrons. The number of hydrogen-bond donors (Lipinski definition) is 1. The van der Waals surface area contributed by atoms with Gasteiger partial charge in [-0.15, -0.1) is 0 Å². The smallest absolute Gasteiger partial charge is 0.259 e. The van der Waals surface area contributed by atoms with Crippen LogP contribution in [0.3, 0.4) is 0 Å². The zero-order chi connectivity index (χ0) is 23.5. The maximum absolute atomic E-state index is 13.3. The standard InChI is InChI=1S/C26H19ClFN5O/c27-24-13-20(28)12-11-19(24)15-32-16-21(14-29-32)30-26(34)23-17-33(22-9-5-2-6-10-22)31-25(23)18-7-3-1-4-8-18/h1-14,16-17H,15H2,(H,30,34). The molecule has 3 aromatic carbocycles. The highest BCUT2D eigenvalue weighted by Crippen LogP contribution is 2.25. The van der Waals surface area contributed by atoms with Gasteiger partial charge in [-0.1, -0.05) is 66.2 Å². The lowest BCUT2D eigenvalue weighted by Gasteiger charge is -2.05. The predicted octanol–water partition coefficient (Wildman–Crippen LogP) is 5.83. The minimum atomic E-state index is -0.396. The van der Waals surface area contributed by atoms with Crippen LogP contribution in [0.15, 0.2) is 97.5 Å². The van der Waals surface area contributed by atoms with Crippen LogP contribution in [-0.4, -0.2) is 25.5 Å². The molecule has 8 heteroatoms. The van der Waals surface area contributed by atoms with Crippen LogP contribution in [0.1, 0.15) is 15.9 Å². The Hall–Kier alpha value is -4.23. The van der Waals surface area contributed by atoms with E-state index in [1.165, 1.54) is 12.1 Å². The number of anilines is 1. The van der Waals surface area contributed by atoms with Crippen molar-refractivity contribution in [3.8, 4) is 16.9 Å². The summed E-state index contributed by atoms with van der Waals surface area (Å²) in [5.74, 6) is -0.701. The summed E-state index contributed by atoms with van der Waals surface area (Å²) >= 11 is 6.12. The van der Waals surface area contributed by atoms with Crippen molar-refractivity contribution < 1.29 is 9.18 Å². The van der Waals surface area contributed by atoms with Gasteiger partial charge in [-0.25, -0.2) is 9.07 Å². The maximum atomic E-state index is 13.3. The molecule has 0 saturated carbocycles. The summed E-state index contributed by atoms with van der Waals surface area (Å²) in [4.78, 5) is 13.2. The highest BCUT2D eigenvalue weighted by atomic mass is 35.5. The largest absolute Gasteiger partial charge is 0.319 e. The number of nitrogens with zero attached hydrogens (tertiary/aromatic N) is 4. The highest BCUT2D eigenvalue weighted by Gasteiger charge is 2.19. The summed E-state index contributed by atoms with van der Waals surface area (Å²) in [6, 6.07) is 23.4. The van der Waals surface area contributed by atoms with Crippen LogP contribution in [-0.2, 0) is 6.54 Å². The van der Waals surface area contributed by atoms with Crippen molar-refractivity contribution in [3.63, 3.8) is 0 Å². The Balaban J connectivity index is 1.41. The van der Waals surface area contributed by atoms with Crippen LogP contribution in [0.25, 0.3) is 16.9 Å². The SMILES string of the molecule is O=C(Nc1cnn(Cc2ccc(F)cc2Cl)c1)c1cn(-c2ccccc2)nc1-c1ccccc1. The molecule has 0 aliphatic heterocycles. The first-order chi connectivity index (χ1) is 16.6. The van der Waals surface area contributed by atoms with Gasteiger partial charge in [0.25, 0.3) is 5.91 Å². The molecular formula is C26H19ClFN5O. The molecule has 0 spiro atoms. The van der Waals surface area contributed by atoms with Crippen LogP contribution in [0.4, 0.5) is 10.1 Å². The summed E-state index contributed by atoms with van der Waals surface area (Å²) in [5, 5.41) is 12.2. The van der Waals surface area contributed by atoms with Crippen LogP contribution in [0.2, 0.25) is 5.02 Å². The molecule has 0 bridgehead atoms. The second-order valence-electron chi connectivity index (χ2n) is 7.65. The zero-order valence-electron chi connectivity index (χ0n) is 17.9. The fraction of sp³-hybridized carbons (Fsp3) is 0.0385. The molecule has 0 saturated heterocycles. The van der Waals surface area contributed by atoms with Gasteiger partial charge >= 0.3 is 0 Å². The monoisotopic (exact) mass is 471 g/mol. The first kappa shape index (κ1) is 21.6. The summed E-state index contributed by atoms with van der Waals surface area (Å²) < 4.78 is 16.6. The van der Waals surface area contributed by atoms with Crippen LogP contribution in [0, 0.1) is 5.82 Å². The molecule has 168 valence electrons. The Morgan fingerprint density at radius 2 is 1.71 bits per heavy atom. The van der Waals surface area contributed by atoms with E-state index in [-0.39, 0.29) is 5.91 Å². The van der Waals surface area contributed by atoms with E-state index in [9.17, 15) is 9.18 Å². The van der Waals surface area contributed by atoms with Gasteiger partial charge in [0.2, 0.25) is 0 Å². The normalized spacial score (nSPS) is 10.9. The third-order valence-electron chi connectivity index (χ3n) is 5.27. The van der Waals surface area contributed by atoms with E-state index in [1.54, 1.807) is 34.0 Å². The third-order valence-corrected chi connectivity index (χ3v) is 5.62. The Labute approximate surface area is 200 Å². The van der Waals surface area contributed by atoms with E-state index in [1.807, 2.05) is 60.7 Å². The van der Waals surface area contributed by atoms with E-state index in [0.29, 0.717) is 28.5 Å². The molecule has 0 fully saturated rings. The molecule has 1 amide bonds. The molecule has 0 aliphatic carbocycles. The van der Waals surface area contributed by atoms with Crippen LogP contribution >= 0.6 is 11.6 Å². The minimum absolute atomic E-state index is 0.305. The maximum Gasteiger partial charge on any atom is 0.259 e. The average molecular weight is 472 g/mol. The highest BCUT2D eigenvalue weighted by molar-refractivity contribution is 6.31. The Kier molecular flexibility index (Phi) is 5.93. The van der Waals surface area contributed by atoms with Crippen molar-refractivity contribution in [1.82, 2.24) is 19.6 Å². The van der Waals surface area contributed by atoms with Gasteiger partial charge in [0.05, 0.1) is 29.7 Å². The number of para-hydroxylation sites is 1. The number of benzene rings is 3. The summed E-state index contributed by atoms with van der Waals surface area (Å²) in [6.07, 6.45) is 4.97. The molecule has 0 unspecified atom stereocenters. The zero-order valence-corrected chi connectivity index (χ0v) is 18.7. The number of carbonyl (C=O) groups is 1. The van der Waals surface area contributed by atoms with E-state index in [2.05, 4.69) is 15.5 Å². The van der Waals surface area contributed by atoms with E-state index < -0.39 is 5.82 Å². The summed E-state index contributed by atoms with van der Waals surface area (Å²) in [6.45, 7) is 0.343. The van der Waals surface area contributed by atoms with Crippen molar-refractivity contribution in [1.29, 1.82) is 0 Å². The predicted molar refractivity (Wildman–Crippen MR) is 130 cm³/mol. The Morgan fingerprint density at radius 3 is 2.44 bits per heavy atom.